The molecule has 0 radical (unpaired) electrons. The van der Waals surface area contributed by atoms with Gasteiger partial charge in [0.25, 0.3) is 5.91 Å². The first kappa shape index (κ1) is 48.0. The van der Waals surface area contributed by atoms with Crippen molar-refractivity contribution >= 4 is 27.3 Å². The maximum absolute atomic E-state index is 13.4. The highest BCUT2D eigenvalue weighted by Gasteiger charge is 2.27. The molecule has 2 aliphatic rings. The van der Waals surface area contributed by atoms with E-state index >= 15 is 0 Å². The number of aryl methyl sites for hydroxylation is 2. The zero-order chi connectivity index (χ0) is 40.5. The fourth-order valence-corrected chi connectivity index (χ4v) is 6.67. The number of carboxylic acids is 1. The Kier molecular flexibility index (Phi) is 23.7. The Hall–Kier alpha value is -4.05. The summed E-state index contributed by atoms with van der Waals surface area (Å²) < 4.78 is 28.5. The van der Waals surface area contributed by atoms with E-state index in [9.17, 15) is 23.1 Å². The number of carbonyl (C=O) groups excluding carboxylic acids is 1. The van der Waals surface area contributed by atoms with Crippen molar-refractivity contribution in [3.63, 3.8) is 0 Å². The summed E-state index contributed by atoms with van der Waals surface area (Å²) in [6.45, 7) is 18.5. The van der Waals surface area contributed by atoms with Crippen molar-refractivity contribution in [3.05, 3.63) is 125 Å². The van der Waals surface area contributed by atoms with Gasteiger partial charge < -0.3 is 15.2 Å². The monoisotopic (exact) mass is 762 g/mol. The number of carbonyl (C=O) groups is 2. The van der Waals surface area contributed by atoms with Crippen LogP contribution < -0.4 is 5.32 Å². The SMILES string of the molecule is C=C/C=C(\C)CCCC.CC.COC[C@@H]1CCCN1CC1=CC(c2ccccc2C)=C(C(=O)NC(CCS(C)(=O)=O)C(=O)O)C=CC1.Cc1ccccc1. The Balaban J connectivity index is 0.000000663. The Morgan fingerprint density at radius 1 is 1.09 bits per heavy atom. The smallest absolute Gasteiger partial charge is 0.326 e. The molecule has 1 unspecified atom stereocenters. The van der Waals surface area contributed by atoms with Crippen LogP contribution >= 0.6 is 0 Å². The van der Waals surface area contributed by atoms with E-state index in [1.165, 1.54) is 30.4 Å². The number of carboxylic acid groups (broad SMARTS) is 1. The number of hydrogen-bond donors (Lipinski definition) is 2. The van der Waals surface area contributed by atoms with Gasteiger partial charge in [-0.15, -0.1) is 0 Å². The molecule has 0 spiro atoms. The van der Waals surface area contributed by atoms with E-state index in [2.05, 4.69) is 55.8 Å². The minimum Gasteiger partial charge on any atom is -0.480 e. The van der Waals surface area contributed by atoms with Crippen LogP contribution in [-0.4, -0.2) is 81.2 Å². The van der Waals surface area contributed by atoms with E-state index in [-0.39, 0.29) is 12.2 Å². The predicted octanol–water partition coefficient (Wildman–Crippen LogP) is 9.08. The molecule has 1 aliphatic heterocycles. The molecule has 9 heteroatoms. The van der Waals surface area contributed by atoms with Crippen LogP contribution in [0.4, 0.5) is 0 Å². The van der Waals surface area contributed by atoms with Crippen molar-refractivity contribution in [2.75, 3.05) is 38.8 Å². The fraction of sp³-hybridized carbons (Fsp3) is 0.467. The number of allylic oxidation sites excluding steroid dienone is 6. The summed E-state index contributed by atoms with van der Waals surface area (Å²) in [6.07, 6.45) is 17.2. The van der Waals surface area contributed by atoms with Crippen molar-refractivity contribution in [2.45, 2.75) is 98.6 Å². The molecule has 298 valence electrons. The van der Waals surface area contributed by atoms with Crippen LogP contribution in [-0.2, 0) is 24.2 Å². The molecule has 1 heterocycles. The molecule has 2 N–H and O–H groups in total. The normalized spacial score (nSPS) is 16.3. The second kappa shape index (κ2) is 26.7. The van der Waals surface area contributed by atoms with E-state index in [1.807, 2.05) is 81.5 Å². The molecule has 1 aliphatic carbocycles. The minimum atomic E-state index is -3.37. The highest BCUT2D eigenvalue weighted by Crippen LogP contribution is 2.30. The van der Waals surface area contributed by atoms with Gasteiger partial charge in [0.15, 0.2) is 0 Å². The van der Waals surface area contributed by atoms with Gasteiger partial charge in [0.1, 0.15) is 15.9 Å². The third-order valence-corrected chi connectivity index (χ3v) is 9.87. The van der Waals surface area contributed by atoms with Crippen molar-refractivity contribution < 1.29 is 27.9 Å². The zero-order valence-electron chi connectivity index (χ0n) is 34.1. The van der Waals surface area contributed by atoms with Gasteiger partial charge in [0.05, 0.1) is 12.4 Å². The Labute approximate surface area is 326 Å². The van der Waals surface area contributed by atoms with Crippen LogP contribution in [0, 0.1) is 13.8 Å². The van der Waals surface area contributed by atoms with E-state index in [0.29, 0.717) is 24.6 Å². The maximum atomic E-state index is 13.4. The number of benzene rings is 2. The minimum absolute atomic E-state index is 0.201. The molecular formula is C45H66N2O6S. The maximum Gasteiger partial charge on any atom is 0.326 e. The van der Waals surface area contributed by atoms with Crippen LogP contribution in [0.5, 0.6) is 0 Å². The van der Waals surface area contributed by atoms with Gasteiger partial charge in [-0.3, -0.25) is 9.69 Å². The summed E-state index contributed by atoms with van der Waals surface area (Å²) in [5, 5.41) is 12.1. The number of likely N-dealkylation sites (tertiary alicyclic amines) is 1. The molecule has 0 aromatic heterocycles. The average molecular weight is 763 g/mol. The Morgan fingerprint density at radius 3 is 2.31 bits per heavy atom. The molecule has 0 bridgehead atoms. The molecule has 1 fully saturated rings. The number of aliphatic carboxylic acids is 1. The van der Waals surface area contributed by atoms with E-state index in [1.54, 1.807) is 13.2 Å². The highest BCUT2D eigenvalue weighted by atomic mass is 32.2. The van der Waals surface area contributed by atoms with Crippen molar-refractivity contribution in [2.24, 2.45) is 0 Å². The van der Waals surface area contributed by atoms with Crippen LogP contribution in [0.3, 0.4) is 0 Å². The Bertz CT molecular complexity index is 1670. The first-order chi connectivity index (χ1) is 25.8. The van der Waals surface area contributed by atoms with Crippen LogP contribution in [0.25, 0.3) is 5.57 Å². The summed E-state index contributed by atoms with van der Waals surface area (Å²) in [4.78, 5) is 27.6. The van der Waals surface area contributed by atoms with Crippen molar-refractivity contribution in [1.82, 2.24) is 10.2 Å². The van der Waals surface area contributed by atoms with Gasteiger partial charge in [0.2, 0.25) is 0 Å². The number of ether oxygens (including phenoxy) is 1. The van der Waals surface area contributed by atoms with Gasteiger partial charge in [-0.2, -0.15) is 0 Å². The first-order valence-electron chi connectivity index (χ1n) is 19.2. The second-order valence-corrected chi connectivity index (χ2v) is 15.8. The van der Waals surface area contributed by atoms with E-state index < -0.39 is 27.8 Å². The number of unbranched alkanes of at least 4 members (excludes halogenated alkanes) is 1. The molecule has 1 amide bonds. The largest absolute Gasteiger partial charge is 0.480 e. The zero-order valence-corrected chi connectivity index (χ0v) is 34.9. The van der Waals surface area contributed by atoms with Gasteiger partial charge in [-0.05, 0) is 82.5 Å². The summed E-state index contributed by atoms with van der Waals surface area (Å²) in [7, 11) is -1.65. The summed E-state index contributed by atoms with van der Waals surface area (Å²) >= 11 is 0. The van der Waals surface area contributed by atoms with Crippen molar-refractivity contribution in [3.8, 4) is 0 Å². The van der Waals surface area contributed by atoms with E-state index in [0.717, 1.165) is 54.5 Å². The number of methoxy groups -OCH3 is 1. The summed E-state index contributed by atoms with van der Waals surface area (Å²) in [5.74, 6) is -2.13. The van der Waals surface area contributed by atoms with E-state index in [4.69, 9.17) is 4.74 Å². The number of nitrogens with one attached hydrogen (secondary N) is 1. The van der Waals surface area contributed by atoms with Gasteiger partial charge in [-0.1, -0.05) is 135 Å². The predicted molar refractivity (Wildman–Crippen MR) is 226 cm³/mol. The third-order valence-electron chi connectivity index (χ3n) is 8.90. The highest BCUT2D eigenvalue weighted by molar-refractivity contribution is 7.90. The number of nitrogens with zero attached hydrogens (tertiary/aromatic N) is 1. The molecule has 4 rings (SSSR count). The lowest BCUT2D eigenvalue weighted by atomic mass is 9.94. The number of sulfone groups is 1. The molecule has 0 saturated carbocycles. The fourth-order valence-electron chi connectivity index (χ4n) is 6.01. The average Bonchev–Trinajstić information content (AvgIpc) is 3.46. The van der Waals surface area contributed by atoms with Gasteiger partial charge >= 0.3 is 5.97 Å². The van der Waals surface area contributed by atoms with Gasteiger partial charge in [0, 0.05) is 31.5 Å². The van der Waals surface area contributed by atoms with Crippen molar-refractivity contribution in [1.29, 1.82) is 0 Å². The summed E-state index contributed by atoms with van der Waals surface area (Å²) in [6, 6.07) is 17.1. The topological polar surface area (TPSA) is 113 Å². The molecular weight excluding hydrogens is 697 g/mol. The molecule has 2 aromatic rings. The van der Waals surface area contributed by atoms with Crippen LogP contribution in [0.2, 0.25) is 0 Å². The number of amides is 1. The van der Waals surface area contributed by atoms with Crippen LogP contribution in [0.1, 0.15) is 89.3 Å². The molecule has 8 nitrogen and oxygen atoms in total. The summed E-state index contributed by atoms with van der Waals surface area (Å²) in [5.41, 5.74) is 6.89. The molecule has 54 heavy (non-hydrogen) atoms. The number of rotatable bonds is 15. The quantitative estimate of drug-likeness (QED) is 0.174. The molecule has 2 aromatic carbocycles. The first-order valence-corrected chi connectivity index (χ1v) is 21.3. The molecule has 2 atom stereocenters. The van der Waals surface area contributed by atoms with Crippen LogP contribution in [0.15, 0.2) is 108 Å². The van der Waals surface area contributed by atoms with Gasteiger partial charge in [-0.25, -0.2) is 13.2 Å². The lowest BCUT2D eigenvalue weighted by Crippen LogP contribution is -2.42. The lowest BCUT2D eigenvalue weighted by Gasteiger charge is -2.25. The molecule has 1 saturated heterocycles. The standard InChI is InChI=1S/C27H36N2O6S.C9H16.C7H8.C2H6/c1-19-8-4-5-11-22(19)24-16-20(17-29-14-7-10-21(29)18-35-2)9-6-12-23(24)26(30)28-25(27(31)32)13-15-36(3,33)34;1-4-6-8-9(3)7-5-2;1-7-5-3-2-4-6-7;1-2/h4-6,8,11-12,16,21,25H,7,9-10,13-15,17-18H2,1-3H3,(H,28,30)(H,31,32);5,7H,2,4,6,8H2,1,3H3;2-6H,1H3;1-2H3/b;9-7+;;/t21-,25?;;;/m0.../s1. The Morgan fingerprint density at radius 2 is 1.76 bits per heavy atom. The lowest BCUT2D eigenvalue weighted by molar-refractivity contribution is -0.141. The third kappa shape index (κ3) is 18.8. The second-order valence-electron chi connectivity index (χ2n) is 13.6. The number of hydrogen-bond acceptors (Lipinski definition) is 6.